The molecule has 1 saturated carbocycles. The Morgan fingerprint density at radius 2 is 1.74 bits per heavy atom. The summed E-state index contributed by atoms with van der Waals surface area (Å²) in [6.07, 6.45) is 5.11. The van der Waals surface area contributed by atoms with E-state index in [0.717, 1.165) is 12.0 Å². The minimum atomic E-state index is -0.187. The molecule has 3 amide bonds. The standard InChI is InChI=1S/C18H18N2O3/c1-9-7-13(5-6-14(9)19-10(2)21)20-17(22)15-11-3-4-12(8-11)16(15)18(20)23/h3-7,11-12,15-16H,8H2,1-2H3,(H,19,21)/t11-,12+,15+,16-. The van der Waals surface area contributed by atoms with Crippen LogP contribution in [0.2, 0.25) is 0 Å². The fourth-order valence-corrected chi connectivity index (χ4v) is 4.27. The van der Waals surface area contributed by atoms with Gasteiger partial charge in [-0.3, -0.25) is 19.3 Å². The molecule has 1 aromatic rings. The summed E-state index contributed by atoms with van der Waals surface area (Å²) in [7, 11) is 0. The van der Waals surface area contributed by atoms with Gasteiger partial charge in [-0.2, -0.15) is 0 Å². The van der Waals surface area contributed by atoms with Crippen LogP contribution in [0, 0.1) is 30.6 Å². The number of rotatable bonds is 2. The van der Waals surface area contributed by atoms with Crippen molar-refractivity contribution in [3.63, 3.8) is 0 Å². The Morgan fingerprint density at radius 1 is 1.13 bits per heavy atom. The number of allylic oxidation sites excluding steroid dienone is 2. The average molecular weight is 310 g/mol. The van der Waals surface area contributed by atoms with Crippen LogP contribution in [0.5, 0.6) is 0 Å². The van der Waals surface area contributed by atoms with Gasteiger partial charge in [0.05, 0.1) is 17.5 Å². The van der Waals surface area contributed by atoms with Gasteiger partial charge >= 0.3 is 0 Å². The molecule has 2 fully saturated rings. The minimum absolute atomic E-state index is 0.0801. The van der Waals surface area contributed by atoms with Crippen LogP contribution < -0.4 is 10.2 Å². The monoisotopic (exact) mass is 310 g/mol. The molecule has 1 aromatic carbocycles. The summed E-state index contributed by atoms with van der Waals surface area (Å²) in [5.74, 6) is -0.253. The number of hydrogen-bond acceptors (Lipinski definition) is 3. The lowest BCUT2D eigenvalue weighted by atomic mass is 9.85. The first kappa shape index (κ1) is 14.2. The molecule has 1 N–H and O–H groups in total. The first-order valence-corrected chi connectivity index (χ1v) is 7.92. The van der Waals surface area contributed by atoms with Crippen LogP contribution in [-0.4, -0.2) is 17.7 Å². The fourth-order valence-electron chi connectivity index (χ4n) is 4.27. The Balaban J connectivity index is 1.67. The van der Waals surface area contributed by atoms with Crippen molar-refractivity contribution in [1.29, 1.82) is 0 Å². The van der Waals surface area contributed by atoms with E-state index in [0.29, 0.717) is 11.4 Å². The average Bonchev–Trinajstić information content (AvgIpc) is 3.15. The predicted molar refractivity (Wildman–Crippen MR) is 85.7 cm³/mol. The lowest BCUT2D eigenvalue weighted by Crippen LogP contribution is -2.32. The lowest BCUT2D eigenvalue weighted by molar-refractivity contribution is -0.123. The zero-order chi connectivity index (χ0) is 16.3. The summed E-state index contributed by atoms with van der Waals surface area (Å²) in [6, 6.07) is 5.26. The van der Waals surface area contributed by atoms with E-state index in [9.17, 15) is 14.4 Å². The van der Waals surface area contributed by atoms with Gasteiger partial charge in [0.25, 0.3) is 0 Å². The number of fused-ring (bicyclic) bond motifs is 5. The second-order valence-electron chi connectivity index (χ2n) is 6.69. The Bertz CT molecular complexity index is 738. The Hall–Kier alpha value is -2.43. The van der Waals surface area contributed by atoms with Gasteiger partial charge in [0.15, 0.2) is 0 Å². The van der Waals surface area contributed by atoms with Gasteiger partial charge in [0.1, 0.15) is 0 Å². The van der Waals surface area contributed by atoms with E-state index in [4.69, 9.17) is 0 Å². The van der Waals surface area contributed by atoms with E-state index in [1.807, 2.05) is 6.92 Å². The molecule has 5 nitrogen and oxygen atoms in total. The summed E-state index contributed by atoms with van der Waals surface area (Å²) in [5.41, 5.74) is 2.12. The van der Waals surface area contributed by atoms with Crippen molar-refractivity contribution in [1.82, 2.24) is 0 Å². The van der Waals surface area contributed by atoms with Crippen molar-refractivity contribution >= 4 is 29.1 Å². The Labute approximate surface area is 134 Å². The van der Waals surface area contributed by atoms with Gasteiger partial charge in [-0.1, -0.05) is 12.2 Å². The van der Waals surface area contributed by atoms with Crippen molar-refractivity contribution < 1.29 is 14.4 Å². The third-order valence-electron chi connectivity index (χ3n) is 5.25. The van der Waals surface area contributed by atoms with Gasteiger partial charge in [0, 0.05) is 12.6 Å². The molecule has 1 heterocycles. The topological polar surface area (TPSA) is 66.5 Å². The molecule has 0 radical (unpaired) electrons. The number of nitrogens with zero attached hydrogens (tertiary/aromatic N) is 1. The van der Waals surface area contributed by atoms with Crippen molar-refractivity contribution in [3.05, 3.63) is 35.9 Å². The number of carbonyl (C=O) groups excluding carboxylic acids is 3. The predicted octanol–water partition coefficient (Wildman–Crippen LogP) is 2.26. The first-order valence-electron chi connectivity index (χ1n) is 7.92. The van der Waals surface area contributed by atoms with Crippen LogP contribution in [0.15, 0.2) is 30.4 Å². The van der Waals surface area contributed by atoms with Gasteiger partial charge in [-0.05, 0) is 48.9 Å². The van der Waals surface area contributed by atoms with Crippen molar-refractivity contribution in [2.45, 2.75) is 20.3 Å². The molecular formula is C18H18N2O3. The molecule has 0 unspecified atom stereocenters. The summed E-state index contributed by atoms with van der Waals surface area (Å²) in [6.45, 7) is 3.30. The molecule has 4 atom stereocenters. The van der Waals surface area contributed by atoms with Crippen LogP contribution in [0.4, 0.5) is 11.4 Å². The van der Waals surface area contributed by atoms with Crippen molar-refractivity contribution in [2.24, 2.45) is 23.7 Å². The van der Waals surface area contributed by atoms with Crippen molar-refractivity contribution in [3.8, 4) is 0 Å². The van der Waals surface area contributed by atoms with Gasteiger partial charge in [-0.25, -0.2) is 0 Å². The summed E-state index contributed by atoms with van der Waals surface area (Å²) in [5, 5.41) is 2.74. The van der Waals surface area contributed by atoms with E-state index in [1.54, 1.807) is 18.2 Å². The number of amides is 3. The number of nitrogens with one attached hydrogen (secondary N) is 1. The molecule has 0 spiro atoms. The van der Waals surface area contributed by atoms with Gasteiger partial charge in [-0.15, -0.1) is 0 Å². The summed E-state index contributed by atoms with van der Waals surface area (Å²) < 4.78 is 0. The number of carbonyl (C=O) groups is 3. The highest BCUT2D eigenvalue weighted by Crippen LogP contribution is 2.53. The molecule has 5 heteroatoms. The van der Waals surface area contributed by atoms with Crippen molar-refractivity contribution in [2.75, 3.05) is 10.2 Å². The molecule has 2 bridgehead atoms. The molecule has 1 aliphatic heterocycles. The third kappa shape index (κ3) is 1.96. The number of hydrogen-bond donors (Lipinski definition) is 1. The number of benzene rings is 1. The van der Waals surface area contributed by atoms with Crippen LogP contribution in [0.25, 0.3) is 0 Å². The van der Waals surface area contributed by atoms with E-state index < -0.39 is 0 Å². The molecule has 4 rings (SSSR count). The first-order chi connectivity index (χ1) is 11.0. The van der Waals surface area contributed by atoms with Crippen LogP contribution in [0.1, 0.15) is 18.9 Å². The Morgan fingerprint density at radius 3 is 2.26 bits per heavy atom. The molecule has 118 valence electrons. The van der Waals surface area contributed by atoms with Crippen LogP contribution >= 0.6 is 0 Å². The van der Waals surface area contributed by atoms with E-state index >= 15 is 0 Å². The maximum atomic E-state index is 12.8. The SMILES string of the molecule is CC(=O)Nc1ccc(N2C(=O)[C@@H]3[C@H](C2=O)[C@H]2C=C[C@@H]3C2)cc1C. The highest BCUT2D eigenvalue weighted by molar-refractivity contribution is 6.22. The zero-order valence-electron chi connectivity index (χ0n) is 13.1. The highest BCUT2D eigenvalue weighted by atomic mass is 16.2. The second kappa shape index (κ2) is 4.78. The number of aryl methyl sites for hydroxylation is 1. The maximum Gasteiger partial charge on any atom is 0.238 e. The largest absolute Gasteiger partial charge is 0.326 e. The van der Waals surface area contributed by atoms with E-state index in [2.05, 4.69) is 17.5 Å². The van der Waals surface area contributed by atoms with Crippen LogP contribution in [-0.2, 0) is 14.4 Å². The summed E-state index contributed by atoms with van der Waals surface area (Å²) >= 11 is 0. The molecular weight excluding hydrogens is 292 g/mol. The number of anilines is 2. The fraction of sp³-hybridized carbons (Fsp3) is 0.389. The Kier molecular flexibility index (Phi) is 2.95. The highest BCUT2D eigenvalue weighted by Gasteiger charge is 2.59. The summed E-state index contributed by atoms with van der Waals surface area (Å²) in [4.78, 5) is 38.1. The third-order valence-corrected chi connectivity index (χ3v) is 5.25. The van der Waals surface area contributed by atoms with E-state index in [-0.39, 0.29) is 41.4 Å². The smallest absolute Gasteiger partial charge is 0.238 e. The normalized spacial score (nSPS) is 31.0. The molecule has 1 saturated heterocycles. The lowest BCUT2D eigenvalue weighted by Gasteiger charge is -2.19. The second-order valence-corrected chi connectivity index (χ2v) is 6.69. The zero-order valence-corrected chi connectivity index (χ0v) is 13.1. The van der Waals surface area contributed by atoms with Gasteiger partial charge < -0.3 is 5.32 Å². The molecule has 0 aromatic heterocycles. The molecule has 2 aliphatic carbocycles. The maximum absolute atomic E-state index is 12.8. The minimum Gasteiger partial charge on any atom is -0.326 e. The quantitative estimate of drug-likeness (QED) is 0.673. The van der Waals surface area contributed by atoms with Crippen LogP contribution in [0.3, 0.4) is 0 Å². The number of imide groups is 1. The van der Waals surface area contributed by atoms with Gasteiger partial charge in [0.2, 0.25) is 17.7 Å². The van der Waals surface area contributed by atoms with E-state index in [1.165, 1.54) is 11.8 Å². The molecule has 23 heavy (non-hydrogen) atoms. The molecule has 3 aliphatic rings.